The molecule has 2 N–H and O–H groups in total. The van der Waals surface area contributed by atoms with Gasteiger partial charge in [0.1, 0.15) is 5.82 Å². The standard InChI is InChI=1S/C17H15ClFNO3/c18-13-5-1-11(2-6-13)9-16(21)20-15(10-17(22)23)12-3-7-14(19)8-4-12/h1-8,15H,9-10H2,(H,20,21)(H,22,23). The number of carboxylic acids is 1. The Morgan fingerprint density at radius 3 is 2.26 bits per heavy atom. The molecule has 1 unspecified atom stereocenters. The number of aliphatic carboxylic acids is 1. The quantitative estimate of drug-likeness (QED) is 0.850. The first-order valence-corrected chi connectivity index (χ1v) is 7.33. The molecule has 23 heavy (non-hydrogen) atoms. The summed E-state index contributed by atoms with van der Waals surface area (Å²) in [5.74, 6) is -1.79. The molecular weight excluding hydrogens is 321 g/mol. The van der Waals surface area contributed by atoms with Crippen molar-refractivity contribution in [1.29, 1.82) is 0 Å². The first-order valence-electron chi connectivity index (χ1n) is 6.95. The third-order valence-corrected chi connectivity index (χ3v) is 3.52. The summed E-state index contributed by atoms with van der Waals surface area (Å²) < 4.78 is 13.0. The maximum atomic E-state index is 13.0. The van der Waals surface area contributed by atoms with Gasteiger partial charge in [-0.2, -0.15) is 0 Å². The van der Waals surface area contributed by atoms with Crippen LogP contribution in [0.3, 0.4) is 0 Å². The van der Waals surface area contributed by atoms with Gasteiger partial charge in [0, 0.05) is 5.02 Å². The zero-order valence-corrected chi connectivity index (χ0v) is 12.9. The number of carboxylic acid groups (broad SMARTS) is 1. The zero-order chi connectivity index (χ0) is 16.8. The summed E-state index contributed by atoms with van der Waals surface area (Å²) in [5.41, 5.74) is 1.30. The highest BCUT2D eigenvalue weighted by Gasteiger charge is 2.18. The number of rotatable bonds is 6. The summed E-state index contributed by atoms with van der Waals surface area (Å²) in [6.45, 7) is 0. The normalized spacial score (nSPS) is 11.7. The van der Waals surface area contributed by atoms with Crippen LogP contribution in [0.5, 0.6) is 0 Å². The van der Waals surface area contributed by atoms with Crippen molar-refractivity contribution in [2.45, 2.75) is 18.9 Å². The zero-order valence-electron chi connectivity index (χ0n) is 12.1. The molecule has 2 aromatic rings. The second kappa shape index (κ2) is 7.74. The molecule has 4 nitrogen and oxygen atoms in total. The van der Waals surface area contributed by atoms with Gasteiger partial charge in [-0.05, 0) is 35.4 Å². The van der Waals surface area contributed by atoms with Gasteiger partial charge in [0.15, 0.2) is 0 Å². The van der Waals surface area contributed by atoms with Gasteiger partial charge >= 0.3 is 5.97 Å². The van der Waals surface area contributed by atoms with Crippen molar-refractivity contribution in [3.63, 3.8) is 0 Å². The maximum absolute atomic E-state index is 13.0. The number of carbonyl (C=O) groups excluding carboxylic acids is 1. The van der Waals surface area contributed by atoms with E-state index in [0.29, 0.717) is 10.6 Å². The van der Waals surface area contributed by atoms with E-state index in [1.54, 1.807) is 24.3 Å². The average Bonchev–Trinajstić information content (AvgIpc) is 2.49. The lowest BCUT2D eigenvalue weighted by molar-refractivity contribution is -0.137. The Kier molecular flexibility index (Phi) is 5.71. The van der Waals surface area contributed by atoms with Crippen LogP contribution in [0.2, 0.25) is 5.02 Å². The molecule has 0 aliphatic carbocycles. The molecule has 1 amide bonds. The summed E-state index contributed by atoms with van der Waals surface area (Å²) in [6, 6.07) is 11.5. The van der Waals surface area contributed by atoms with Crippen LogP contribution in [0.25, 0.3) is 0 Å². The molecule has 6 heteroatoms. The maximum Gasteiger partial charge on any atom is 0.305 e. The molecule has 0 saturated heterocycles. The van der Waals surface area contributed by atoms with E-state index in [9.17, 15) is 14.0 Å². The summed E-state index contributed by atoms with van der Waals surface area (Å²) >= 11 is 5.79. The number of hydrogen-bond donors (Lipinski definition) is 2. The Balaban J connectivity index is 2.07. The number of halogens is 2. The summed E-state index contributed by atoms with van der Waals surface area (Å²) in [6.07, 6.45) is -0.174. The first kappa shape index (κ1) is 17.0. The molecule has 2 aromatic carbocycles. The molecule has 2 rings (SSSR count). The molecular formula is C17H15ClFNO3. The number of benzene rings is 2. The van der Waals surface area contributed by atoms with E-state index in [-0.39, 0.29) is 18.7 Å². The second-order valence-electron chi connectivity index (χ2n) is 5.07. The van der Waals surface area contributed by atoms with Crippen molar-refractivity contribution in [2.75, 3.05) is 0 Å². The van der Waals surface area contributed by atoms with Crippen molar-refractivity contribution in [1.82, 2.24) is 5.32 Å². The molecule has 0 fully saturated rings. The van der Waals surface area contributed by atoms with Crippen molar-refractivity contribution >= 4 is 23.5 Å². The second-order valence-corrected chi connectivity index (χ2v) is 5.51. The van der Waals surface area contributed by atoms with Crippen molar-refractivity contribution in [3.8, 4) is 0 Å². The third-order valence-electron chi connectivity index (χ3n) is 3.26. The van der Waals surface area contributed by atoms with E-state index >= 15 is 0 Å². The minimum atomic E-state index is -1.05. The fourth-order valence-electron chi connectivity index (χ4n) is 2.15. The van der Waals surface area contributed by atoms with E-state index in [0.717, 1.165) is 5.56 Å². The molecule has 0 aromatic heterocycles. The molecule has 0 aliphatic heterocycles. The Labute approximate surface area is 137 Å². The number of carbonyl (C=O) groups is 2. The van der Waals surface area contributed by atoms with Gasteiger partial charge in [-0.1, -0.05) is 35.9 Å². The van der Waals surface area contributed by atoms with Crippen LogP contribution in [0.15, 0.2) is 48.5 Å². The Morgan fingerprint density at radius 2 is 1.70 bits per heavy atom. The molecule has 120 valence electrons. The van der Waals surface area contributed by atoms with Crippen LogP contribution < -0.4 is 5.32 Å². The van der Waals surface area contributed by atoms with Gasteiger partial charge in [0.25, 0.3) is 0 Å². The van der Waals surface area contributed by atoms with Crippen molar-refractivity contribution < 1.29 is 19.1 Å². The Morgan fingerprint density at radius 1 is 1.09 bits per heavy atom. The topological polar surface area (TPSA) is 66.4 Å². The SMILES string of the molecule is O=C(O)CC(NC(=O)Cc1ccc(Cl)cc1)c1ccc(F)cc1. The highest BCUT2D eigenvalue weighted by atomic mass is 35.5. The lowest BCUT2D eigenvalue weighted by Gasteiger charge is -2.17. The van der Waals surface area contributed by atoms with Crippen LogP contribution in [0.1, 0.15) is 23.6 Å². The van der Waals surface area contributed by atoms with Crippen LogP contribution in [0.4, 0.5) is 4.39 Å². The summed E-state index contributed by atoms with van der Waals surface area (Å²) in [7, 11) is 0. The summed E-state index contributed by atoms with van der Waals surface area (Å²) in [5, 5.41) is 12.2. The number of nitrogens with one attached hydrogen (secondary N) is 1. The van der Waals surface area contributed by atoms with E-state index < -0.39 is 17.8 Å². The van der Waals surface area contributed by atoms with Gasteiger partial charge in [-0.25, -0.2) is 4.39 Å². The van der Waals surface area contributed by atoms with Crippen LogP contribution in [0, 0.1) is 5.82 Å². The van der Waals surface area contributed by atoms with Crippen molar-refractivity contribution in [3.05, 3.63) is 70.5 Å². The smallest absolute Gasteiger partial charge is 0.305 e. The van der Waals surface area contributed by atoms with Crippen LogP contribution in [-0.2, 0) is 16.0 Å². The monoisotopic (exact) mass is 335 g/mol. The molecule has 0 spiro atoms. The molecule has 0 saturated carbocycles. The number of amides is 1. The van der Waals surface area contributed by atoms with E-state index in [1.165, 1.54) is 24.3 Å². The summed E-state index contributed by atoms with van der Waals surface area (Å²) in [4.78, 5) is 23.1. The molecule has 0 aliphatic rings. The third kappa shape index (κ3) is 5.38. The minimum Gasteiger partial charge on any atom is -0.481 e. The average molecular weight is 336 g/mol. The van der Waals surface area contributed by atoms with Gasteiger partial charge in [-0.15, -0.1) is 0 Å². The molecule has 0 heterocycles. The van der Waals surface area contributed by atoms with Gasteiger partial charge in [-0.3, -0.25) is 9.59 Å². The first-order chi connectivity index (χ1) is 10.9. The Hall–Kier alpha value is -2.40. The van der Waals surface area contributed by atoms with Gasteiger partial charge in [0.05, 0.1) is 18.9 Å². The Bertz CT molecular complexity index is 686. The largest absolute Gasteiger partial charge is 0.481 e. The van der Waals surface area contributed by atoms with Crippen molar-refractivity contribution in [2.24, 2.45) is 0 Å². The van der Waals surface area contributed by atoms with Gasteiger partial charge < -0.3 is 10.4 Å². The molecule has 0 bridgehead atoms. The minimum absolute atomic E-state index is 0.106. The predicted molar refractivity (Wildman–Crippen MR) is 84.7 cm³/mol. The fraction of sp³-hybridized carbons (Fsp3) is 0.176. The van der Waals surface area contributed by atoms with Gasteiger partial charge in [0.2, 0.25) is 5.91 Å². The lowest BCUT2D eigenvalue weighted by atomic mass is 10.0. The molecule has 0 radical (unpaired) electrons. The fourth-order valence-corrected chi connectivity index (χ4v) is 2.28. The van der Waals surface area contributed by atoms with Crippen LogP contribution in [-0.4, -0.2) is 17.0 Å². The van der Waals surface area contributed by atoms with E-state index in [4.69, 9.17) is 16.7 Å². The predicted octanol–water partition coefficient (Wildman–Crippen LogP) is 3.35. The number of hydrogen-bond acceptors (Lipinski definition) is 2. The highest BCUT2D eigenvalue weighted by Crippen LogP contribution is 2.18. The van der Waals surface area contributed by atoms with E-state index in [2.05, 4.69) is 5.32 Å². The molecule has 1 atom stereocenters. The lowest BCUT2D eigenvalue weighted by Crippen LogP contribution is -2.31. The van der Waals surface area contributed by atoms with E-state index in [1.807, 2.05) is 0 Å². The highest BCUT2D eigenvalue weighted by molar-refractivity contribution is 6.30. The van der Waals surface area contributed by atoms with Crippen LogP contribution >= 0.6 is 11.6 Å².